The summed E-state index contributed by atoms with van der Waals surface area (Å²) in [4.78, 5) is 0. The van der Waals surface area contributed by atoms with E-state index in [2.05, 4.69) is 0 Å². The van der Waals surface area contributed by atoms with Gasteiger partial charge in [0.1, 0.15) is 0 Å². The average molecular weight is 756 g/mol. The lowest BCUT2D eigenvalue weighted by atomic mass is 9.86. The van der Waals surface area contributed by atoms with Gasteiger partial charge in [-0.15, -0.1) is 0 Å². The Labute approximate surface area is 223 Å². The quantitative estimate of drug-likeness (QED) is 0.0941. The summed E-state index contributed by atoms with van der Waals surface area (Å²) in [6, 6.07) is 0. The second-order valence-electron chi connectivity index (χ2n) is 8.12. The molecule has 0 saturated heterocycles. The summed E-state index contributed by atoms with van der Waals surface area (Å²) in [5.41, 5.74) is 0. The number of halogens is 22. The Kier molecular flexibility index (Phi) is 11.0. The van der Waals surface area contributed by atoms with Crippen molar-refractivity contribution in [1.82, 2.24) is 0 Å². The lowest BCUT2D eigenvalue weighted by Gasteiger charge is -2.44. The van der Waals surface area contributed by atoms with E-state index in [0.29, 0.717) is 12.8 Å². The summed E-state index contributed by atoms with van der Waals surface area (Å²) < 4.78 is 279. The number of hydrogen-bond donors (Lipinski definition) is 0. The van der Waals surface area contributed by atoms with Gasteiger partial charge in [0, 0.05) is 6.08 Å². The molecule has 0 rings (SSSR count). The molecule has 0 aromatic carbocycles. The Morgan fingerprint density at radius 2 is 0.750 bits per heavy atom. The number of unbranched alkanes of at least 4 members (excludes halogenated alkanes) is 3. The van der Waals surface area contributed by atoms with Crippen molar-refractivity contribution in [3.8, 4) is 0 Å². The molecule has 0 unspecified atom stereocenters. The molecule has 0 aliphatic rings. The third-order valence-electron chi connectivity index (χ3n) is 5.14. The molecule has 0 amide bonds. The highest BCUT2D eigenvalue weighted by Crippen LogP contribution is 2.66. The third-order valence-corrected chi connectivity index (χ3v) is 5.99. The molecule has 0 spiro atoms. The monoisotopic (exact) mass is 756 g/mol. The minimum Gasteiger partial charge on any atom is -0.195 e. The highest BCUT2D eigenvalue weighted by atomic mass is 127. The summed E-state index contributed by atoms with van der Waals surface area (Å²) in [5.74, 6) is -76.7. The Balaban J connectivity index is 6.85. The fourth-order valence-electron chi connectivity index (χ4n) is 2.65. The van der Waals surface area contributed by atoms with E-state index in [4.69, 9.17) is 0 Å². The van der Waals surface area contributed by atoms with Crippen molar-refractivity contribution < 1.29 is 92.2 Å². The van der Waals surface area contributed by atoms with Gasteiger partial charge in [0.15, 0.2) is 0 Å². The van der Waals surface area contributed by atoms with Crippen LogP contribution in [-0.2, 0) is 0 Å². The van der Waals surface area contributed by atoms with Gasteiger partial charge in [-0.2, -0.15) is 92.2 Å². The van der Waals surface area contributed by atoms with E-state index in [1.165, 1.54) is 0 Å². The second-order valence-corrected chi connectivity index (χ2v) is 9.50. The molecule has 0 fully saturated rings. The molecule has 0 aliphatic heterocycles. The van der Waals surface area contributed by atoms with Gasteiger partial charge in [0.25, 0.3) is 0 Å². The molecule has 0 aliphatic carbocycles. The fraction of sp³-hybridized carbons (Fsp3) is 0.889. The molecule has 0 saturated carbocycles. The smallest absolute Gasteiger partial charge is 0.195 e. The predicted octanol–water partition coefficient (Wildman–Crippen LogP) is 10.6. The van der Waals surface area contributed by atoms with E-state index in [9.17, 15) is 92.2 Å². The maximum atomic E-state index is 13.9. The predicted molar refractivity (Wildman–Crippen MR) is 101 cm³/mol. The number of alkyl halides is 21. The first kappa shape index (κ1) is 39.0. The van der Waals surface area contributed by atoms with E-state index in [-0.39, 0.29) is 12.8 Å². The minimum absolute atomic E-state index is 0.118. The zero-order valence-corrected chi connectivity index (χ0v) is 21.1. The second kappa shape index (κ2) is 11.3. The number of allylic oxidation sites excluding steroid dienone is 2. The van der Waals surface area contributed by atoms with E-state index < -0.39 is 75.6 Å². The van der Waals surface area contributed by atoms with Gasteiger partial charge in [-0.1, -0.05) is 26.2 Å². The topological polar surface area (TPSA) is 0 Å². The summed E-state index contributed by atoms with van der Waals surface area (Å²) in [6.07, 6.45) is -8.81. The van der Waals surface area contributed by atoms with E-state index in [0.717, 1.165) is 22.6 Å². The van der Waals surface area contributed by atoms with Crippen LogP contribution >= 0.6 is 22.6 Å². The number of hydrogen-bond acceptors (Lipinski definition) is 0. The van der Waals surface area contributed by atoms with Gasteiger partial charge in [-0.05, 0) is 39.0 Å². The average Bonchev–Trinajstić information content (AvgIpc) is 2.74. The van der Waals surface area contributed by atoms with Crippen LogP contribution in [-0.4, -0.2) is 59.5 Å². The Morgan fingerprint density at radius 3 is 1.05 bits per heavy atom. The third kappa shape index (κ3) is 5.79. The lowest BCUT2D eigenvalue weighted by Crippen LogP contribution is -2.76. The van der Waals surface area contributed by atoms with Gasteiger partial charge in [0.05, 0.1) is 0 Å². The largest absolute Gasteiger partial charge is 0.460 e. The first-order chi connectivity index (χ1) is 17.2. The molecular weight excluding hydrogens is 742 g/mol. The molecule has 0 aromatic heterocycles. The minimum atomic E-state index is -9.15. The van der Waals surface area contributed by atoms with Crippen molar-refractivity contribution in [3.05, 3.63) is 9.66 Å². The van der Waals surface area contributed by atoms with Crippen LogP contribution in [0.5, 0.6) is 0 Å². The van der Waals surface area contributed by atoms with E-state index in [1.807, 2.05) is 0 Å². The first-order valence-corrected chi connectivity index (χ1v) is 11.1. The van der Waals surface area contributed by atoms with Gasteiger partial charge in [-0.25, -0.2) is 0 Å². The normalized spacial score (nSPS) is 16.5. The van der Waals surface area contributed by atoms with Gasteiger partial charge < -0.3 is 0 Å². The summed E-state index contributed by atoms with van der Waals surface area (Å²) in [6.45, 7) is 1.63. The zero-order chi connectivity index (χ0) is 32.8. The summed E-state index contributed by atoms with van der Waals surface area (Å²) in [5, 5.41) is 0. The molecule has 0 heterocycles. The summed E-state index contributed by atoms with van der Waals surface area (Å²) >= 11 is 0.771. The molecule has 0 atom stereocenters. The van der Waals surface area contributed by atoms with Crippen LogP contribution in [0.3, 0.4) is 0 Å². The molecule has 40 heavy (non-hydrogen) atoms. The van der Waals surface area contributed by atoms with Crippen LogP contribution in [0, 0.1) is 0 Å². The van der Waals surface area contributed by atoms with Gasteiger partial charge in [-0.3, -0.25) is 0 Å². The molecule has 22 heteroatoms. The highest BCUT2D eigenvalue weighted by molar-refractivity contribution is 14.1. The van der Waals surface area contributed by atoms with Crippen LogP contribution < -0.4 is 0 Å². The SMILES string of the molecule is CCCCCC/C(I)=C\C(F)(F)C(F)(F)C(F)(F)C(F)(F)C(F)(F)C(F)(F)C(F)(F)C(F)(F)C(F)(F)C(F)(F)F. The highest BCUT2D eigenvalue weighted by Gasteiger charge is 2.97. The van der Waals surface area contributed by atoms with Crippen molar-refractivity contribution in [2.24, 2.45) is 0 Å². The molecule has 0 N–H and O–H groups in total. The van der Waals surface area contributed by atoms with Crippen molar-refractivity contribution in [2.75, 3.05) is 0 Å². The first-order valence-electron chi connectivity index (χ1n) is 10.0. The standard InChI is InChI=1S/C18H14F21I/c1-2-3-4-5-6-8(40)7-9(19,20)10(21,22)11(23,24)12(25,26)13(27,28)14(29,30)15(31,32)16(33,34)17(35,36)18(37,38)39/h7H,2-6H2,1H3/b8-7+. The molecular formula is C18H14F21I. The van der Waals surface area contributed by atoms with Gasteiger partial charge >= 0.3 is 59.5 Å². The van der Waals surface area contributed by atoms with Crippen LogP contribution in [0.25, 0.3) is 0 Å². The van der Waals surface area contributed by atoms with Crippen LogP contribution in [0.4, 0.5) is 92.2 Å². The summed E-state index contributed by atoms with van der Waals surface area (Å²) in [7, 11) is 0. The Bertz CT molecular complexity index is 898. The van der Waals surface area contributed by atoms with E-state index >= 15 is 0 Å². The maximum absolute atomic E-state index is 13.9. The van der Waals surface area contributed by atoms with Crippen molar-refractivity contribution in [3.63, 3.8) is 0 Å². The zero-order valence-electron chi connectivity index (χ0n) is 18.9. The maximum Gasteiger partial charge on any atom is 0.460 e. The van der Waals surface area contributed by atoms with Crippen LogP contribution in [0.2, 0.25) is 0 Å². The lowest BCUT2D eigenvalue weighted by molar-refractivity contribution is -0.473. The van der Waals surface area contributed by atoms with Crippen molar-refractivity contribution in [1.29, 1.82) is 0 Å². The molecule has 0 nitrogen and oxygen atoms in total. The van der Waals surface area contributed by atoms with Crippen LogP contribution in [0.1, 0.15) is 39.0 Å². The van der Waals surface area contributed by atoms with Crippen molar-refractivity contribution >= 4 is 22.6 Å². The fourth-order valence-corrected chi connectivity index (χ4v) is 3.42. The molecule has 0 radical (unpaired) electrons. The van der Waals surface area contributed by atoms with Crippen LogP contribution in [0.15, 0.2) is 9.66 Å². The van der Waals surface area contributed by atoms with E-state index in [1.54, 1.807) is 6.92 Å². The molecule has 0 aromatic rings. The van der Waals surface area contributed by atoms with Gasteiger partial charge in [0.2, 0.25) is 0 Å². The molecule has 0 bridgehead atoms. The number of rotatable bonds is 14. The molecule has 240 valence electrons. The Hall–Kier alpha value is -1.00. The Morgan fingerprint density at radius 1 is 0.450 bits per heavy atom. The van der Waals surface area contributed by atoms with Crippen molar-refractivity contribution in [2.45, 2.75) is 98.5 Å².